The van der Waals surface area contributed by atoms with Gasteiger partial charge in [0.15, 0.2) is 5.96 Å². The standard InChI is InChI=1S/C21H28N4O2.HI/c1-22-20(25-16-21(10-11-21)18-6-4-3-5-7-18)24-15-17-8-9-19(23-14-17)27-13-12-26-2;/h3-9,14H,10-13,15-16H2,1-2H3,(H2,22,24,25);1H. The van der Waals surface area contributed by atoms with Crippen molar-refractivity contribution in [2.75, 3.05) is 33.9 Å². The van der Waals surface area contributed by atoms with Gasteiger partial charge in [-0.15, -0.1) is 24.0 Å². The van der Waals surface area contributed by atoms with Crippen molar-refractivity contribution < 1.29 is 9.47 Å². The molecule has 28 heavy (non-hydrogen) atoms. The number of nitrogens with zero attached hydrogens (tertiary/aromatic N) is 2. The third-order valence-corrected chi connectivity index (χ3v) is 4.85. The molecule has 1 aliphatic rings. The molecule has 1 aliphatic carbocycles. The number of hydrogen-bond donors (Lipinski definition) is 2. The molecule has 0 bridgehead atoms. The third-order valence-electron chi connectivity index (χ3n) is 4.85. The van der Waals surface area contributed by atoms with Crippen LogP contribution < -0.4 is 15.4 Å². The highest BCUT2D eigenvalue weighted by Gasteiger charge is 2.43. The van der Waals surface area contributed by atoms with Crippen LogP contribution in [0.3, 0.4) is 0 Å². The third kappa shape index (κ3) is 6.34. The Balaban J connectivity index is 0.00000280. The predicted octanol–water partition coefficient (Wildman–Crippen LogP) is 3.12. The molecule has 3 rings (SSSR count). The lowest BCUT2D eigenvalue weighted by Gasteiger charge is -2.19. The molecule has 1 aromatic heterocycles. The van der Waals surface area contributed by atoms with Gasteiger partial charge < -0.3 is 20.1 Å². The van der Waals surface area contributed by atoms with Crippen LogP contribution in [-0.4, -0.2) is 44.9 Å². The fourth-order valence-electron chi connectivity index (χ4n) is 3.00. The maximum atomic E-state index is 5.48. The summed E-state index contributed by atoms with van der Waals surface area (Å²) < 4.78 is 10.4. The first kappa shape index (κ1) is 22.4. The van der Waals surface area contributed by atoms with Crippen LogP contribution in [0.5, 0.6) is 5.88 Å². The Morgan fingerprint density at radius 1 is 1.11 bits per heavy atom. The van der Waals surface area contributed by atoms with E-state index in [1.807, 2.05) is 18.3 Å². The van der Waals surface area contributed by atoms with Gasteiger partial charge in [-0.2, -0.15) is 0 Å². The van der Waals surface area contributed by atoms with E-state index in [1.54, 1.807) is 14.2 Å². The summed E-state index contributed by atoms with van der Waals surface area (Å²) >= 11 is 0. The summed E-state index contributed by atoms with van der Waals surface area (Å²) in [6.45, 7) is 2.60. The van der Waals surface area contributed by atoms with Gasteiger partial charge in [0, 0.05) is 44.9 Å². The van der Waals surface area contributed by atoms with Crippen LogP contribution in [0.25, 0.3) is 0 Å². The molecule has 0 aliphatic heterocycles. The molecule has 1 aromatic carbocycles. The zero-order valence-corrected chi connectivity index (χ0v) is 18.8. The zero-order chi connectivity index (χ0) is 19.0. The first-order valence-electron chi connectivity index (χ1n) is 9.32. The van der Waals surface area contributed by atoms with Crippen molar-refractivity contribution in [3.05, 3.63) is 59.8 Å². The molecule has 0 amide bonds. The number of rotatable bonds is 9. The SMILES string of the molecule is CN=C(NCc1ccc(OCCOC)nc1)NCC1(c2ccccc2)CC1.I. The predicted molar refractivity (Wildman–Crippen MR) is 123 cm³/mol. The molecule has 2 N–H and O–H groups in total. The minimum atomic E-state index is 0. The summed E-state index contributed by atoms with van der Waals surface area (Å²) in [6.07, 6.45) is 4.25. The Morgan fingerprint density at radius 3 is 2.50 bits per heavy atom. The van der Waals surface area contributed by atoms with Gasteiger partial charge in [-0.3, -0.25) is 4.99 Å². The van der Waals surface area contributed by atoms with Crippen molar-refractivity contribution in [2.45, 2.75) is 24.8 Å². The first-order valence-corrected chi connectivity index (χ1v) is 9.32. The van der Waals surface area contributed by atoms with E-state index in [1.165, 1.54) is 18.4 Å². The van der Waals surface area contributed by atoms with E-state index in [2.05, 4.69) is 50.9 Å². The van der Waals surface area contributed by atoms with Gasteiger partial charge in [0.2, 0.25) is 5.88 Å². The summed E-state index contributed by atoms with van der Waals surface area (Å²) in [5, 5.41) is 6.81. The molecule has 0 spiro atoms. The summed E-state index contributed by atoms with van der Waals surface area (Å²) in [6, 6.07) is 14.6. The van der Waals surface area contributed by atoms with E-state index >= 15 is 0 Å². The second-order valence-corrected chi connectivity index (χ2v) is 6.77. The minimum absolute atomic E-state index is 0. The Bertz CT molecular complexity index is 734. The molecular weight excluding hydrogens is 467 g/mol. The quantitative estimate of drug-likeness (QED) is 0.242. The second kappa shape index (κ2) is 11.2. The molecule has 1 heterocycles. The van der Waals surface area contributed by atoms with E-state index in [-0.39, 0.29) is 29.4 Å². The molecule has 0 unspecified atom stereocenters. The van der Waals surface area contributed by atoms with Crippen LogP contribution in [0.15, 0.2) is 53.7 Å². The Hall–Kier alpha value is -1.87. The van der Waals surface area contributed by atoms with Crippen LogP contribution in [0, 0.1) is 0 Å². The van der Waals surface area contributed by atoms with E-state index < -0.39 is 0 Å². The number of methoxy groups -OCH3 is 1. The molecule has 0 saturated heterocycles. The van der Waals surface area contributed by atoms with Crippen molar-refractivity contribution in [1.82, 2.24) is 15.6 Å². The van der Waals surface area contributed by atoms with Crippen molar-refractivity contribution in [3.63, 3.8) is 0 Å². The first-order chi connectivity index (χ1) is 13.3. The van der Waals surface area contributed by atoms with Crippen molar-refractivity contribution in [2.24, 2.45) is 4.99 Å². The monoisotopic (exact) mass is 496 g/mol. The highest BCUT2D eigenvalue weighted by Crippen LogP contribution is 2.47. The van der Waals surface area contributed by atoms with Crippen LogP contribution >= 0.6 is 24.0 Å². The molecule has 0 radical (unpaired) electrons. The summed E-state index contributed by atoms with van der Waals surface area (Å²) in [5.41, 5.74) is 2.73. The Labute approximate surface area is 184 Å². The summed E-state index contributed by atoms with van der Waals surface area (Å²) in [5.74, 6) is 1.41. The maximum absolute atomic E-state index is 5.48. The van der Waals surface area contributed by atoms with Crippen molar-refractivity contribution in [1.29, 1.82) is 0 Å². The number of aliphatic imine (C=N–C) groups is 1. The maximum Gasteiger partial charge on any atom is 0.213 e. The fourth-order valence-corrected chi connectivity index (χ4v) is 3.00. The topological polar surface area (TPSA) is 67.8 Å². The highest BCUT2D eigenvalue weighted by molar-refractivity contribution is 14.0. The number of guanidine groups is 1. The number of pyridine rings is 1. The summed E-state index contributed by atoms with van der Waals surface area (Å²) in [4.78, 5) is 8.64. The van der Waals surface area contributed by atoms with Gasteiger partial charge in [-0.05, 0) is 24.0 Å². The number of nitrogens with one attached hydrogen (secondary N) is 2. The number of halogens is 1. The van der Waals surface area contributed by atoms with Crippen LogP contribution in [0.2, 0.25) is 0 Å². The van der Waals surface area contributed by atoms with Gasteiger partial charge in [0.25, 0.3) is 0 Å². The number of ether oxygens (including phenoxy) is 2. The number of hydrogen-bond acceptors (Lipinski definition) is 4. The van der Waals surface area contributed by atoms with E-state index in [0.29, 0.717) is 25.6 Å². The molecule has 1 saturated carbocycles. The fraction of sp³-hybridized carbons (Fsp3) is 0.429. The molecular formula is C21H29IN4O2. The van der Waals surface area contributed by atoms with Gasteiger partial charge >= 0.3 is 0 Å². The summed E-state index contributed by atoms with van der Waals surface area (Å²) in [7, 11) is 3.44. The lowest BCUT2D eigenvalue weighted by molar-refractivity contribution is 0.143. The van der Waals surface area contributed by atoms with Crippen LogP contribution in [-0.2, 0) is 16.7 Å². The molecule has 6 nitrogen and oxygen atoms in total. The Kier molecular flexibility index (Phi) is 8.98. The van der Waals surface area contributed by atoms with Gasteiger partial charge in [-0.25, -0.2) is 4.98 Å². The highest BCUT2D eigenvalue weighted by atomic mass is 127. The van der Waals surface area contributed by atoms with Crippen molar-refractivity contribution in [3.8, 4) is 5.88 Å². The van der Waals surface area contributed by atoms with Crippen molar-refractivity contribution >= 4 is 29.9 Å². The zero-order valence-electron chi connectivity index (χ0n) is 16.5. The normalized spacial score (nSPS) is 14.7. The average molecular weight is 496 g/mol. The molecule has 2 aromatic rings. The van der Waals surface area contributed by atoms with E-state index in [4.69, 9.17) is 9.47 Å². The molecule has 152 valence electrons. The number of benzene rings is 1. The smallest absolute Gasteiger partial charge is 0.213 e. The second-order valence-electron chi connectivity index (χ2n) is 6.77. The lowest BCUT2D eigenvalue weighted by Crippen LogP contribution is -2.40. The van der Waals surface area contributed by atoms with Gasteiger partial charge in [0.05, 0.1) is 6.61 Å². The number of aromatic nitrogens is 1. The minimum Gasteiger partial charge on any atom is -0.475 e. The molecule has 7 heteroatoms. The van der Waals surface area contributed by atoms with E-state index in [0.717, 1.165) is 18.1 Å². The van der Waals surface area contributed by atoms with Gasteiger partial charge in [0.1, 0.15) is 6.61 Å². The lowest BCUT2D eigenvalue weighted by atomic mass is 9.96. The largest absolute Gasteiger partial charge is 0.475 e. The van der Waals surface area contributed by atoms with E-state index in [9.17, 15) is 0 Å². The van der Waals surface area contributed by atoms with Gasteiger partial charge in [-0.1, -0.05) is 36.4 Å². The molecule has 1 fully saturated rings. The molecule has 0 atom stereocenters. The average Bonchev–Trinajstić information content (AvgIpc) is 3.51. The van der Waals surface area contributed by atoms with Crippen LogP contribution in [0.1, 0.15) is 24.0 Å². The van der Waals surface area contributed by atoms with Crippen LogP contribution in [0.4, 0.5) is 0 Å². The Morgan fingerprint density at radius 2 is 1.89 bits per heavy atom.